The van der Waals surface area contributed by atoms with E-state index in [2.05, 4.69) is 6.07 Å². The van der Waals surface area contributed by atoms with E-state index in [9.17, 15) is 0 Å². The van der Waals surface area contributed by atoms with Crippen LogP contribution in [0.15, 0.2) is 36.4 Å². The number of hydrogen-bond acceptors (Lipinski definition) is 4. The lowest BCUT2D eigenvalue weighted by Crippen LogP contribution is -1.98. The quantitative estimate of drug-likeness (QED) is 0.860. The Morgan fingerprint density at radius 2 is 1.91 bits per heavy atom. The van der Waals surface area contributed by atoms with Crippen LogP contribution in [0.25, 0.3) is 0 Å². The first-order valence-electron chi connectivity index (χ1n) is 6.97. The lowest BCUT2D eigenvalue weighted by atomic mass is 10.2. The lowest BCUT2D eigenvalue weighted by molar-refractivity contribution is 0.295. The van der Waals surface area contributed by atoms with Crippen molar-refractivity contribution in [3.8, 4) is 23.3 Å². The molecule has 2 aromatic rings. The van der Waals surface area contributed by atoms with Gasteiger partial charge >= 0.3 is 0 Å². The van der Waals surface area contributed by atoms with Gasteiger partial charge in [0, 0.05) is 6.42 Å². The van der Waals surface area contributed by atoms with E-state index in [1.54, 1.807) is 24.3 Å². The normalized spacial score (nSPS) is 13.1. The average Bonchev–Trinajstić information content (AvgIpc) is 2.79. The third kappa shape index (κ3) is 3.26. The van der Waals surface area contributed by atoms with Crippen molar-refractivity contribution in [2.45, 2.75) is 13.0 Å². The molecule has 22 heavy (non-hydrogen) atoms. The number of hydrogen-bond donors (Lipinski definition) is 0. The van der Waals surface area contributed by atoms with Crippen molar-refractivity contribution < 1.29 is 14.2 Å². The molecule has 0 saturated heterocycles. The molecule has 0 unspecified atom stereocenters. The predicted octanol–water partition coefficient (Wildman–Crippen LogP) is 3.95. The number of ether oxygens (including phenoxy) is 3. The fourth-order valence-electron chi connectivity index (χ4n) is 2.16. The molecule has 0 aliphatic carbocycles. The third-order valence-corrected chi connectivity index (χ3v) is 3.53. The van der Waals surface area contributed by atoms with E-state index in [0.717, 1.165) is 12.0 Å². The summed E-state index contributed by atoms with van der Waals surface area (Å²) in [5.41, 5.74) is 1.50. The van der Waals surface area contributed by atoms with Crippen molar-refractivity contribution in [2.24, 2.45) is 0 Å². The van der Waals surface area contributed by atoms with Crippen LogP contribution in [0.2, 0.25) is 5.02 Å². The summed E-state index contributed by atoms with van der Waals surface area (Å²) >= 11 is 6.24. The minimum Gasteiger partial charge on any atom is -0.489 e. The maximum absolute atomic E-state index is 8.77. The van der Waals surface area contributed by atoms with Gasteiger partial charge in [0.25, 0.3) is 0 Å². The first-order chi connectivity index (χ1) is 10.8. The Morgan fingerprint density at radius 3 is 2.68 bits per heavy atom. The van der Waals surface area contributed by atoms with E-state index in [1.165, 1.54) is 0 Å². The highest BCUT2D eigenvalue weighted by Crippen LogP contribution is 2.38. The van der Waals surface area contributed by atoms with Crippen molar-refractivity contribution in [3.05, 3.63) is 52.5 Å². The second-order valence-corrected chi connectivity index (χ2v) is 5.29. The van der Waals surface area contributed by atoms with Gasteiger partial charge in [-0.05, 0) is 42.0 Å². The van der Waals surface area contributed by atoms with Gasteiger partial charge in [0.1, 0.15) is 12.4 Å². The Hall–Kier alpha value is -2.38. The van der Waals surface area contributed by atoms with Crippen LogP contribution < -0.4 is 14.2 Å². The highest BCUT2D eigenvalue weighted by molar-refractivity contribution is 6.32. The van der Waals surface area contributed by atoms with Crippen LogP contribution in [0, 0.1) is 11.3 Å². The fraction of sp³-hybridized carbons (Fsp3) is 0.235. The number of fused-ring (bicyclic) bond motifs is 1. The van der Waals surface area contributed by atoms with Gasteiger partial charge in [-0.2, -0.15) is 5.26 Å². The van der Waals surface area contributed by atoms with Crippen molar-refractivity contribution >= 4 is 11.6 Å². The van der Waals surface area contributed by atoms with E-state index in [0.29, 0.717) is 47.7 Å². The smallest absolute Gasteiger partial charge is 0.179 e. The van der Waals surface area contributed by atoms with Crippen molar-refractivity contribution in [1.82, 2.24) is 0 Å². The van der Waals surface area contributed by atoms with Crippen LogP contribution >= 0.6 is 11.6 Å². The molecule has 0 saturated carbocycles. The Morgan fingerprint density at radius 1 is 1.14 bits per heavy atom. The maximum Gasteiger partial charge on any atom is 0.179 e. The molecule has 0 fully saturated rings. The fourth-order valence-corrected chi connectivity index (χ4v) is 2.45. The SMILES string of the molecule is N#Cc1ccc(OCc2cc(Cl)c3c(c2)OCCCO3)cc1. The summed E-state index contributed by atoms with van der Waals surface area (Å²) in [6.07, 6.45) is 0.835. The Labute approximate surface area is 133 Å². The highest BCUT2D eigenvalue weighted by atomic mass is 35.5. The summed E-state index contributed by atoms with van der Waals surface area (Å²) in [5.74, 6) is 1.95. The van der Waals surface area contributed by atoms with Gasteiger partial charge < -0.3 is 14.2 Å². The molecule has 0 radical (unpaired) electrons. The van der Waals surface area contributed by atoms with Crippen LogP contribution in [0.4, 0.5) is 0 Å². The van der Waals surface area contributed by atoms with Crippen LogP contribution in [-0.4, -0.2) is 13.2 Å². The Balaban J connectivity index is 1.73. The van der Waals surface area contributed by atoms with Gasteiger partial charge in [-0.1, -0.05) is 11.6 Å². The molecule has 2 aromatic carbocycles. The van der Waals surface area contributed by atoms with Crippen molar-refractivity contribution in [3.63, 3.8) is 0 Å². The van der Waals surface area contributed by atoms with Crippen LogP contribution in [0.1, 0.15) is 17.5 Å². The molecular weight excluding hydrogens is 302 g/mol. The van der Waals surface area contributed by atoms with Gasteiger partial charge in [0.2, 0.25) is 0 Å². The zero-order valence-corrected chi connectivity index (χ0v) is 12.6. The molecular formula is C17H14ClNO3. The second-order valence-electron chi connectivity index (χ2n) is 4.88. The molecule has 0 spiro atoms. The van der Waals surface area contributed by atoms with Gasteiger partial charge in [-0.25, -0.2) is 0 Å². The molecule has 1 heterocycles. The molecule has 3 rings (SSSR count). The third-order valence-electron chi connectivity index (χ3n) is 3.25. The first kappa shape index (κ1) is 14.6. The van der Waals surface area contributed by atoms with Gasteiger partial charge in [0.15, 0.2) is 11.5 Å². The number of nitrogens with zero attached hydrogens (tertiary/aromatic N) is 1. The molecule has 4 nitrogen and oxygen atoms in total. The molecule has 1 aliphatic rings. The minimum atomic E-state index is 0.363. The van der Waals surface area contributed by atoms with Gasteiger partial charge in [0.05, 0.1) is 29.9 Å². The first-order valence-corrected chi connectivity index (χ1v) is 7.35. The standard InChI is InChI=1S/C17H14ClNO3/c18-15-8-13(9-16-17(15)21-7-1-6-20-16)11-22-14-4-2-12(10-19)3-5-14/h2-5,8-9H,1,6-7,11H2. The molecule has 0 bridgehead atoms. The predicted molar refractivity (Wildman–Crippen MR) is 82.5 cm³/mol. The lowest BCUT2D eigenvalue weighted by Gasteiger charge is -2.12. The second kappa shape index (κ2) is 6.59. The Bertz CT molecular complexity index is 707. The van der Waals surface area contributed by atoms with E-state index < -0.39 is 0 Å². The van der Waals surface area contributed by atoms with E-state index in [4.69, 9.17) is 31.1 Å². The van der Waals surface area contributed by atoms with E-state index in [1.807, 2.05) is 12.1 Å². The summed E-state index contributed by atoms with van der Waals surface area (Å²) in [5, 5.41) is 9.30. The zero-order valence-electron chi connectivity index (χ0n) is 11.8. The molecule has 0 amide bonds. The number of halogens is 1. The van der Waals surface area contributed by atoms with Gasteiger partial charge in [-0.15, -0.1) is 0 Å². The molecule has 112 valence electrons. The average molecular weight is 316 g/mol. The van der Waals surface area contributed by atoms with Crippen molar-refractivity contribution in [2.75, 3.05) is 13.2 Å². The van der Waals surface area contributed by atoms with Crippen LogP contribution in [-0.2, 0) is 6.61 Å². The number of rotatable bonds is 3. The summed E-state index contributed by atoms with van der Waals surface area (Å²) in [4.78, 5) is 0. The van der Waals surface area contributed by atoms with E-state index in [-0.39, 0.29) is 0 Å². The number of benzene rings is 2. The molecule has 5 heteroatoms. The summed E-state index contributed by atoms with van der Waals surface area (Å²) < 4.78 is 16.9. The largest absolute Gasteiger partial charge is 0.489 e. The van der Waals surface area contributed by atoms with Crippen molar-refractivity contribution in [1.29, 1.82) is 5.26 Å². The van der Waals surface area contributed by atoms with Crippen LogP contribution in [0.3, 0.4) is 0 Å². The minimum absolute atomic E-state index is 0.363. The molecule has 0 N–H and O–H groups in total. The summed E-state index contributed by atoms with van der Waals surface area (Å²) in [6.45, 7) is 1.58. The highest BCUT2D eigenvalue weighted by Gasteiger charge is 2.15. The monoisotopic (exact) mass is 315 g/mol. The molecule has 0 aromatic heterocycles. The molecule has 0 atom stereocenters. The van der Waals surface area contributed by atoms with Crippen LogP contribution in [0.5, 0.6) is 17.2 Å². The van der Waals surface area contributed by atoms with Gasteiger partial charge in [-0.3, -0.25) is 0 Å². The maximum atomic E-state index is 8.77. The summed E-state index contributed by atoms with van der Waals surface area (Å²) in [7, 11) is 0. The Kier molecular flexibility index (Phi) is 4.36. The number of nitriles is 1. The zero-order chi connectivity index (χ0) is 15.4. The molecule has 1 aliphatic heterocycles. The summed E-state index contributed by atoms with van der Waals surface area (Å²) in [6, 6.07) is 12.7. The van der Waals surface area contributed by atoms with E-state index >= 15 is 0 Å². The topological polar surface area (TPSA) is 51.5 Å².